The van der Waals surface area contributed by atoms with Crippen LogP contribution < -0.4 is 10.6 Å². The number of hydrogen-bond donors (Lipinski definition) is 2. The molecule has 0 aliphatic carbocycles. The van der Waals surface area contributed by atoms with Crippen LogP contribution in [0, 0.1) is 6.92 Å². The average Bonchev–Trinajstić information content (AvgIpc) is 2.41. The molecular formula is C13H16BrN5. The lowest BCUT2D eigenvalue weighted by atomic mass is 10.2. The molecule has 100 valence electrons. The van der Waals surface area contributed by atoms with Crippen LogP contribution in [0.3, 0.4) is 0 Å². The van der Waals surface area contributed by atoms with Gasteiger partial charge in [-0.1, -0.05) is 6.07 Å². The third-order valence-electron chi connectivity index (χ3n) is 2.62. The van der Waals surface area contributed by atoms with Gasteiger partial charge in [-0.15, -0.1) is 0 Å². The number of halogens is 1. The molecule has 5 nitrogen and oxygen atoms in total. The van der Waals surface area contributed by atoms with Gasteiger partial charge < -0.3 is 10.6 Å². The highest BCUT2D eigenvalue weighted by atomic mass is 79.9. The molecule has 2 aromatic heterocycles. The number of aromatic nitrogens is 3. The molecule has 0 atom stereocenters. The van der Waals surface area contributed by atoms with Crippen LogP contribution in [-0.4, -0.2) is 21.5 Å². The van der Waals surface area contributed by atoms with Crippen molar-refractivity contribution in [3.63, 3.8) is 0 Å². The largest absolute Gasteiger partial charge is 0.363 e. The third kappa shape index (κ3) is 3.64. The maximum atomic E-state index is 4.40. The number of nitrogens with zero attached hydrogens (tertiary/aromatic N) is 3. The van der Waals surface area contributed by atoms with E-state index in [9.17, 15) is 0 Å². The van der Waals surface area contributed by atoms with Gasteiger partial charge in [-0.3, -0.25) is 4.98 Å². The van der Waals surface area contributed by atoms with Gasteiger partial charge in [0, 0.05) is 18.9 Å². The summed E-state index contributed by atoms with van der Waals surface area (Å²) in [5.74, 6) is 1.38. The maximum absolute atomic E-state index is 4.40. The van der Waals surface area contributed by atoms with Crippen molar-refractivity contribution >= 4 is 27.7 Å². The molecule has 0 radical (unpaired) electrons. The molecule has 0 aliphatic heterocycles. The van der Waals surface area contributed by atoms with Crippen molar-refractivity contribution < 1.29 is 0 Å². The van der Waals surface area contributed by atoms with Crippen molar-refractivity contribution in [2.45, 2.75) is 20.4 Å². The van der Waals surface area contributed by atoms with Crippen LogP contribution in [0.4, 0.5) is 11.8 Å². The molecule has 0 saturated carbocycles. The highest BCUT2D eigenvalue weighted by molar-refractivity contribution is 9.10. The van der Waals surface area contributed by atoms with E-state index in [0.717, 1.165) is 28.1 Å². The highest BCUT2D eigenvalue weighted by Gasteiger charge is 2.05. The molecule has 0 aromatic carbocycles. The summed E-state index contributed by atoms with van der Waals surface area (Å²) in [4.78, 5) is 12.9. The molecule has 0 bridgehead atoms. The normalized spacial score (nSPS) is 10.3. The molecular weight excluding hydrogens is 306 g/mol. The molecule has 19 heavy (non-hydrogen) atoms. The Balaban J connectivity index is 2.10. The summed E-state index contributed by atoms with van der Waals surface area (Å²) < 4.78 is 0.836. The van der Waals surface area contributed by atoms with Crippen molar-refractivity contribution in [1.29, 1.82) is 0 Å². The van der Waals surface area contributed by atoms with Crippen molar-refractivity contribution in [3.8, 4) is 0 Å². The molecule has 0 fully saturated rings. The standard InChI is InChI=1S/C13H16BrN5/c1-3-15-13-18-7-10(14)12(19-13)17-8-11-9(2)5-4-6-16-11/h4-7H,3,8H2,1-2H3,(H2,15,17,18,19). The summed E-state index contributed by atoms with van der Waals surface area (Å²) in [7, 11) is 0. The molecule has 0 saturated heterocycles. The minimum Gasteiger partial charge on any atom is -0.363 e. The summed E-state index contributed by atoms with van der Waals surface area (Å²) in [5.41, 5.74) is 2.17. The van der Waals surface area contributed by atoms with Crippen LogP contribution in [-0.2, 0) is 6.54 Å². The summed E-state index contributed by atoms with van der Waals surface area (Å²) >= 11 is 3.44. The van der Waals surface area contributed by atoms with E-state index in [1.165, 1.54) is 0 Å². The first kappa shape index (κ1) is 13.7. The SMILES string of the molecule is CCNc1ncc(Br)c(NCc2ncccc2C)n1. The van der Waals surface area contributed by atoms with Gasteiger partial charge in [0.1, 0.15) is 5.82 Å². The number of nitrogens with one attached hydrogen (secondary N) is 2. The lowest BCUT2D eigenvalue weighted by Crippen LogP contribution is -2.08. The van der Waals surface area contributed by atoms with Gasteiger partial charge in [0.15, 0.2) is 0 Å². The van der Waals surface area contributed by atoms with E-state index in [1.54, 1.807) is 12.4 Å². The second kappa shape index (κ2) is 6.47. The smallest absolute Gasteiger partial charge is 0.224 e. The van der Waals surface area contributed by atoms with Gasteiger partial charge in [0.2, 0.25) is 5.95 Å². The first-order valence-electron chi connectivity index (χ1n) is 6.11. The van der Waals surface area contributed by atoms with Gasteiger partial charge in [-0.2, -0.15) is 4.98 Å². The lowest BCUT2D eigenvalue weighted by molar-refractivity contribution is 0.991. The minimum atomic E-state index is 0.617. The topological polar surface area (TPSA) is 62.7 Å². The van der Waals surface area contributed by atoms with Gasteiger partial charge in [0.25, 0.3) is 0 Å². The van der Waals surface area contributed by atoms with E-state index in [4.69, 9.17) is 0 Å². The zero-order valence-corrected chi connectivity index (χ0v) is 12.5. The number of anilines is 2. The van der Waals surface area contributed by atoms with E-state index in [1.807, 2.05) is 26.0 Å². The van der Waals surface area contributed by atoms with Crippen LogP contribution in [0.15, 0.2) is 29.0 Å². The summed E-state index contributed by atoms with van der Waals surface area (Å²) in [6.45, 7) is 5.48. The van der Waals surface area contributed by atoms with E-state index in [2.05, 4.69) is 41.5 Å². The van der Waals surface area contributed by atoms with Gasteiger partial charge >= 0.3 is 0 Å². The van der Waals surface area contributed by atoms with E-state index < -0.39 is 0 Å². The fourth-order valence-electron chi connectivity index (χ4n) is 1.61. The number of rotatable bonds is 5. The Morgan fingerprint density at radius 3 is 2.84 bits per heavy atom. The Bertz CT molecular complexity index is 558. The van der Waals surface area contributed by atoms with Gasteiger partial charge in [0.05, 0.1) is 16.7 Å². The van der Waals surface area contributed by atoms with Crippen LogP contribution in [0.25, 0.3) is 0 Å². The monoisotopic (exact) mass is 321 g/mol. The van der Waals surface area contributed by atoms with Crippen molar-refractivity contribution in [1.82, 2.24) is 15.0 Å². The first-order valence-corrected chi connectivity index (χ1v) is 6.90. The van der Waals surface area contributed by atoms with E-state index in [-0.39, 0.29) is 0 Å². The van der Waals surface area contributed by atoms with Crippen LogP contribution >= 0.6 is 15.9 Å². The molecule has 2 N–H and O–H groups in total. The Morgan fingerprint density at radius 2 is 2.11 bits per heavy atom. The Labute approximate surface area is 121 Å². The van der Waals surface area contributed by atoms with Crippen molar-refractivity contribution in [2.24, 2.45) is 0 Å². The maximum Gasteiger partial charge on any atom is 0.224 e. The molecule has 2 aromatic rings. The fraction of sp³-hybridized carbons (Fsp3) is 0.308. The number of pyridine rings is 1. The Morgan fingerprint density at radius 1 is 1.26 bits per heavy atom. The molecule has 2 rings (SSSR count). The van der Waals surface area contributed by atoms with Crippen LogP contribution in [0.5, 0.6) is 0 Å². The molecule has 0 aliphatic rings. The second-order valence-electron chi connectivity index (χ2n) is 4.04. The van der Waals surface area contributed by atoms with Crippen LogP contribution in [0.2, 0.25) is 0 Å². The van der Waals surface area contributed by atoms with Crippen LogP contribution in [0.1, 0.15) is 18.2 Å². The molecule has 6 heteroatoms. The Kier molecular flexibility index (Phi) is 4.68. The summed E-state index contributed by atoms with van der Waals surface area (Å²) in [6.07, 6.45) is 3.53. The number of aryl methyl sites for hydroxylation is 1. The molecule has 0 unspecified atom stereocenters. The average molecular weight is 322 g/mol. The van der Waals surface area contributed by atoms with Crippen molar-refractivity contribution in [3.05, 3.63) is 40.3 Å². The molecule has 0 amide bonds. The molecule has 2 heterocycles. The molecule has 0 spiro atoms. The predicted octanol–water partition coefficient (Wildman–Crippen LogP) is 2.99. The second-order valence-corrected chi connectivity index (χ2v) is 4.90. The summed E-state index contributed by atoms with van der Waals surface area (Å²) in [5, 5.41) is 6.35. The minimum absolute atomic E-state index is 0.617. The summed E-state index contributed by atoms with van der Waals surface area (Å²) in [6, 6.07) is 3.98. The third-order valence-corrected chi connectivity index (χ3v) is 3.20. The zero-order valence-electron chi connectivity index (χ0n) is 10.9. The zero-order chi connectivity index (χ0) is 13.7. The van der Waals surface area contributed by atoms with E-state index >= 15 is 0 Å². The fourth-order valence-corrected chi connectivity index (χ4v) is 1.94. The predicted molar refractivity (Wildman–Crippen MR) is 80.2 cm³/mol. The first-order chi connectivity index (χ1) is 9.20. The van der Waals surface area contributed by atoms with Crippen molar-refractivity contribution in [2.75, 3.05) is 17.2 Å². The quantitative estimate of drug-likeness (QED) is 0.886. The van der Waals surface area contributed by atoms with Gasteiger partial charge in [-0.05, 0) is 41.4 Å². The number of hydrogen-bond acceptors (Lipinski definition) is 5. The highest BCUT2D eigenvalue weighted by Crippen LogP contribution is 2.20. The van der Waals surface area contributed by atoms with Gasteiger partial charge in [-0.25, -0.2) is 4.98 Å². The van der Waals surface area contributed by atoms with E-state index in [0.29, 0.717) is 12.5 Å². The Hall–Kier alpha value is -1.69. The lowest BCUT2D eigenvalue weighted by Gasteiger charge is -2.10.